The van der Waals surface area contributed by atoms with Crippen molar-refractivity contribution < 1.29 is 4.74 Å². The van der Waals surface area contributed by atoms with Gasteiger partial charge >= 0.3 is 0 Å². The fraction of sp³-hybridized carbons (Fsp3) is 0.522. The van der Waals surface area contributed by atoms with Crippen molar-refractivity contribution in [3.8, 4) is 0 Å². The molecule has 0 radical (unpaired) electrons. The number of benzene rings is 1. The van der Waals surface area contributed by atoms with Crippen LogP contribution in [-0.2, 0) is 24.2 Å². The van der Waals surface area contributed by atoms with Crippen LogP contribution < -0.4 is 10.6 Å². The van der Waals surface area contributed by atoms with Crippen molar-refractivity contribution in [3.63, 3.8) is 0 Å². The first kappa shape index (κ1) is 22.8. The molecule has 8 heteroatoms. The molecule has 0 aliphatic carbocycles. The Hall–Kier alpha value is -2.87. The molecule has 3 rings (SSSR count). The lowest BCUT2D eigenvalue weighted by Gasteiger charge is -2.13. The standard InChI is InChI=1S/C23H35N7O/c1-3-22-28-27-19-30(22)17-14-26-23(25-13-8-18-31-4-2)24-12-7-15-29-16-11-20-9-5-6-10-21(20)29/h5-6,9-11,16,19H,3-4,7-8,12-15,17-18H2,1-2H3,(H2,24,25,26). The molecule has 0 aliphatic rings. The van der Waals surface area contributed by atoms with E-state index in [2.05, 4.69) is 73.4 Å². The number of nitrogens with zero attached hydrogens (tertiary/aromatic N) is 5. The van der Waals surface area contributed by atoms with Gasteiger partial charge in [-0.1, -0.05) is 25.1 Å². The van der Waals surface area contributed by atoms with Crippen LogP contribution in [0.3, 0.4) is 0 Å². The van der Waals surface area contributed by atoms with E-state index in [0.717, 1.165) is 77.0 Å². The van der Waals surface area contributed by atoms with Crippen LogP contribution in [-0.4, -0.2) is 58.1 Å². The molecule has 168 valence electrons. The van der Waals surface area contributed by atoms with E-state index in [4.69, 9.17) is 9.73 Å². The Kier molecular flexibility index (Phi) is 9.37. The highest BCUT2D eigenvalue weighted by Gasteiger charge is 2.03. The summed E-state index contributed by atoms with van der Waals surface area (Å²) < 4.78 is 9.80. The summed E-state index contributed by atoms with van der Waals surface area (Å²) in [7, 11) is 0. The SMILES string of the molecule is CCOCCCNC(=NCCCn1ccc2ccccc21)NCCn1cnnc1CC. The third-order valence-corrected chi connectivity index (χ3v) is 5.13. The van der Waals surface area contributed by atoms with E-state index in [-0.39, 0.29) is 0 Å². The van der Waals surface area contributed by atoms with Gasteiger partial charge in [0.05, 0.1) is 0 Å². The molecule has 0 saturated carbocycles. The van der Waals surface area contributed by atoms with Crippen molar-refractivity contribution in [2.75, 3.05) is 32.8 Å². The maximum Gasteiger partial charge on any atom is 0.191 e. The molecule has 2 heterocycles. The first-order valence-electron chi connectivity index (χ1n) is 11.3. The minimum Gasteiger partial charge on any atom is -0.382 e. The summed E-state index contributed by atoms with van der Waals surface area (Å²) in [5.41, 5.74) is 1.28. The number of aryl methyl sites for hydroxylation is 2. The van der Waals surface area contributed by atoms with E-state index in [1.165, 1.54) is 10.9 Å². The molecular formula is C23H35N7O. The lowest BCUT2D eigenvalue weighted by molar-refractivity contribution is 0.145. The zero-order valence-electron chi connectivity index (χ0n) is 18.8. The zero-order valence-corrected chi connectivity index (χ0v) is 18.8. The van der Waals surface area contributed by atoms with Gasteiger partial charge in [-0.25, -0.2) is 0 Å². The number of ether oxygens (including phenoxy) is 1. The number of fused-ring (bicyclic) bond motifs is 1. The van der Waals surface area contributed by atoms with E-state index in [9.17, 15) is 0 Å². The Morgan fingerprint density at radius 1 is 1.03 bits per heavy atom. The summed E-state index contributed by atoms with van der Waals surface area (Å²) in [4.78, 5) is 4.78. The summed E-state index contributed by atoms with van der Waals surface area (Å²) in [6.45, 7) is 9.76. The Bertz CT molecular complexity index is 931. The number of para-hydroxylation sites is 1. The summed E-state index contributed by atoms with van der Waals surface area (Å²) in [6, 6.07) is 10.7. The molecule has 3 aromatic rings. The molecule has 0 fully saturated rings. The van der Waals surface area contributed by atoms with E-state index < -0.39 is 0 Å². The van der Waals surface area contributed by atoms with Gasteiger partial charge in [-0.05, 0) is 37.3 Å². The van der Waals surface area contributed by atoms with Gasteiger partial charge in [0.2, 0.25) is 0 Å². The molecule has 31 heavy (non-hydrogen) atoms. The molecule has 0 saturated heterocycles. The molecule has 0 aliphatic heterocycles. The lowest BCUT2D eigenvalue weighted by atomic mass is 10.2. The number of rotatable bonds is 13. The van der Waals surface area contributed by atoms with Crippen molar-refractivity contribution >= 4 is 16.9 Å². The van der Waals surface area contributed by atoms with Crippen LogP contribution >= 0.6 is 0 Å². The van der Waals surface area contributed by atoms with Gasteiger partial charge in [0.25, 0.3) is 0 Å². The highest BCUT2D eigenvalue weighted by atomic mass is 16.5. The van der Waals surface area contributed by atoms with Gasteiger partial charge in [0, 0.05) is 64.1 Å². The average Bonchev–Trinajstić information content (AvgIpc) is 3.42. The van der Waals surface area contributed by atoms with E-state index in [0.29, 0.717) is 0 Å². The van der Waals surface area contributed by atoms with Crippen LogP contribution in [0.1, 0.15) is 32.5 Å². The fourth-order valence-electron chi connectivity index (χ4n) is 3.50. The second-order valence-electron chi connectivity index (χ2n) is 7.35. The second kappa shape index (κ2) is 12.7. The minimum absolute atomic E-state index is 0.756. The maximum atomic E-state index is 5.43. The minimum atomic E-state index is 0.756. The number of hydrogen-bond donors (Lipinski definition) is 2. The van der Waals surface area contributed by atoms with Gasteiger partial charge in [0.1, 0.15) is 12.2 Å². The highest BCUT2D eigenvalue weighted by molar-refractivity contribution is 5.80. The van der Waals surface area contributed by atoms with Gasteiger partial charge in [-0.3, -0.25) is 4.99 Å². The molecule has 0 atom stereocenters. The molecule has 2 N–H and O–H groups in total. The second-order valence-corrected chi connectivity index (χ2v) is 7.35. The van der Waals surface area contributed by atoms with Crippen molar-refractivity contribution in [1.29, 1.82) is 0 Å². The molecule has 2 aromatic heterocycles. The van der Waals surface area contributed by atoms with Crippen LogP contribution in [0, 0.1) is 0 Å². The van der Waals surface area contributed by atoms with Crippen molar-refractivity contribution in [2.45, 2.75) is 46.2 Å². The predicted octanol–water partition coefficient (Wildman–Crippen LogP) is 2.85. The van der Waals surface area contributed by atoms with Crippen LogP contribution in [0.5, 0.6) is 0 Å². The Balaban J connectivity index is 1.48. The van der Waals surface area contributed by atoms with Crippen LogP contribution in [0.25, 0.3) is 10.9 Å². The summed E-state index contributed by atoms with van der Waals surface area (Å²) in [6.07, 6.45) is 6.76. The maximum absolute atomic E-state index is 5.43. The zero-order chi connectivity index (χ0) is 21.7. The van der Waals surface area contributed by atoms with Gasteiger partial charge in [-0.15, -0.1) is 10.2 Å². The highest BCUT2D eigenvalue weighted by Crippen LogP contribution is 2.15. The Morgan fingerprint density at radius 3 is 2.77 bits per heavy atom. The molecule has 8 nitrogen and oxygen atoms in total. The van der Waals surface area contributed by atoms with E-state index in [1.807, 2.05) is 6.92 Å². The molecule has 0 amide bonds. The van der Waals surface area contributed by atoms with Crippen molar-refractivity contribution in [3.05, 3.63) is 48.7 Å². The Labute approximate surface area is 184 Å². The van der Waals surface area contributed by atoms with Crippen molar-refractivity contribution in [2.24, 2.45) is 4.99 Å². The summed E-state index contributed by atoms with van der Waals surface area (Å²) in [5, 5.41) is 16.3. The van der Waals surface area contributed by atoms with Crippen LogP contribution in [0.4, 0.5) is 0 Å². The third kappa shape index (κ3) is 7.10. The first-order chi connectivity index (χ1) is 15.3. The van der Waals surface area contributed by atoms with Crippen molar-refractivity contribution in [1.82, 2.24) is 30.0 Å². The summed E-state index contributed by atoms with van der Waals surface area (Å²) >= 11 is 0. The first-order valence-corrected chi connectivity index (χ1v) is 11.3. The monoisotopic (exact) mass is 425 g/mol. The number of hydrogen-bond acceptors (Lipinski definition) is 4. The van der Waals surface area contributed by atoms with Crippen LogP contribution in [0.2, 0.25) is 0 Å². The number of guanidine groups is 1. The lowest BCUT2D eigenvalue weighted by Crippen LogP contribution is -2.40. The summed E-state index contributed by atoms with van der Waals surface area (Å²) in [5.74, 6) is 1.85. The van der Waals surface area contributed by atoms with Crippen LogP contribution in [0.15, 0.2) is 47.8 Å². The van der Waals surface area contributed by atoms with Gasteiger partial charge in [-0.2, -0.15) is 0 Å². The molecule has 0 bridgehead atoms. The predicted molar refractivity (Wildman–Crippen MR) is 125 cm³/mol. The molecule has 0 unspecified atom stereocenters. The normalized spacial score (nSPS) is 11.9. The van der Waals surface area contributed by atoms with Gasteiger partial charge in [0.15, 0.2) is 5.96 Å². The topological polar surface area (TPSA) is 81.3 Å². The van der Waals surface area contributed by atoms with E-state index >= 15 is 0 Å². The number of aliphatic imine (C=N–C) groups is 1. The average molecular weight is 426 g/mol. The third-order valence-electron chi connectivity index (χ3n) is 5.13. The smallest absolute Gasteiger partial charge is 0.191 e. The molecular weight excluding hydrogens is 390 g/mol. The van der Waals surface area contributed by atoms with Gasteiger partial charge < -0.3 is 24.5 Å². The quantitative estimate of drug-likeness (QED) is 0.250. The van der Waals surface area contributed by atoms with E-state index in [1.54, 1.807) is 6.33 Å². The molecule has 1 aromatic carbocycles. The molecule has 0 spiro atoms. The Morgan fingerprint density at radius 2 is 1.90 bits per heavy atom. The number of nitrogens with one attached hydrogen (secondary N) is 2. The largest absolute Gasteiger partial charge is 0.382 e. The number of aromatic nitrogens is 4. The fourth-order valence-corrected chi connectivity index (χ4v) is 3.50.